The molecule has 0 unspecified atom stereocenters. The molecule has 0 amide bonds. The van der Waals surface area contributed by atoms with Crippen molar-refractivity contribution in [1.29, 1.82) is 0 Å². The highest BCUT2D eigenvalue weighted by Gasteiger charge is 2.29. The van der Waals surface area contributed by atoms with Crippen LogP contribution in [0.1, 0.15) is 37.8 Å². The highest BCUT2D eigenvalue weighted by molar-refractivity contribution is 5.66. The Kier molecular flexibility index (Phi) is 7.05. The Morgan fingerprint density at radius 3 is 2.47 bits per heavy atom. The first-order valence-corrected chi connectivity index (χ1v) is 12.9. The van der Waals surface area contributed by atoms with E-state index in [1.807, 2.05) is 12.3 Å². The zero-order chi connectivity index (χ0) is 25.2. The molecule has 5 rings (SSSR count). The Hall–Kier alpha value is -3.26. The minimum absolute atomic E-state index is 0.132. The summed E-state index contributed by atoms with van der Waals surface area (Å²) in [6.07, 6.45) is 4.77. The molecular weight excluding hydrogens is 455 g/mol. The molecule has 8 heteroatoms. The zero-order valence-electron chi connectivity index (χ0n) is 21.4. The number of rotatable bonds is 6. The first-order valence-electron chi connectivity index (χ1n) is 12.9. The van der Waals surface area contributed by atoms with Gasteiger partial charge in [-0.2, -0.15) is 4.98 Å². The summed E-state index contributed by atoms with van der Waals surface area (Å²) in [6.45, 7) is 10.1. The molecule has 0 bridgehead atoms. The van der Waals surface area contributed by atoms with Crippen LogP contribution >= 0.6 is 0 Å². The van der Waals surface area contributed by atoms with Crippen LogP contribution in [0.2, 0.25) is 0 Å². The average Bonchev–Trinajstić information content (AvgIpc) is 3.30. The molecular formula is C28H35FN6O. The average molecular weight is 491 g/mol. The second-order valence-electron chi connectivity index (χ2n) is 10.0. The summed E-state index contributed by atoms with van der Waals surface area (Å²) in [4.78, 5) is 21.7. The maximum atomic E-state index is 13.6. The molecule has 2 aliphatic rings. The highest BCUT2D eigenvalue weighted by Crippen LogP contribution is 2.31. The summed E-state index contributed by atoms with van der Waals surface area (Å²) in [5.74, 6) is 2.42. The van der Waals surface area contributed by atoms with Gasteiger partial charge in [0.15, 0.2) is 0 Å². The van der Waals surface area contributed by atoms with Gasteiger partial charge in [-0.25, -0.2) is 14.4 Å². The Morgan fingerprint density at radius 1 is 1.00 bits per heavy atom. The lowest BCUT2D eigenvalue weighted by Gasteiger charge is -2.41. The van der Waals surface area contributed by atoms with Crippen LogP contribution < -0.4 is 14.7 Å². The topological polar surface area (TPSA) is 68.6 Å². The van der Waals surface area contributed by atoms with Crippen molar-refractivity contribution in [3.63, 3.8) is 0 Å². The van der Waals surface area contributed by atoms with Gasteiger partial charge >= 0.3 is 0 Å². The van der Waals surface area contributed by atoms with Gasteiger partial charge in [0, 0.05) is 62.7 Å². The molecule has 1 aromatic carbocycles. The van der Waals surface area contributed by atoms with Gasteiger partial charge in [-0.15, -0.1) is 0 Å². The normalized spacial score (nSPS) is 20.3. The van der Waals surface area contributed by atoms with Crippen molar-refractivity contribution in [3.05, 3.63) is 59.5 Å². The lowest BCUT2D eigenvalue weighted by Crippen LogP contribution is -2.53. The van der Waals surface area contributed by atoms with Crippen LogP contribution in [0.5, 0.6) is 0 Å². The number of benzene rings is 1. The summed E-state index contributed by atoms with van der Waals surface area (Å²) in [5.41, 5.74) is 3.90. The number of hydrogen-bond acceptors (Lipinski definition) is 7. The lowest BCUT2D eigenvalue weighted by atomic mass is 10.1. The van der Waals surface area contributed by atoms with E-state index in [0.717, 1.165) is 79.0 Å². The number of anilines is 3. The van der Waals surface area contributed by atoms with Gasteiger partial charge in [-0.05, 0) is 75.4 Å². The predicted molar refractivity (Wildman–Crippen MR) is 142 cm³/mol. The van der Waals surface area contributed by atoms with E-state index < -0.39 is 0 Å². The molecule has 0 radical (unpaired) electrons. The third kappa shape index (κ3) is 5.00. The van der Waals surface area contributed by atoms with Crippen molar-refractivity contribution in [2.45, 2.75) is 52.1 Å². The minimum Gasteiger partial charge on any atom is -0.396 e. The number of aliphatic hydroxyl groups excluding tert-OH is 1. The fraction of sp³-hybridized carbons (Fsp3) is 0.464. The van der Waals surface area contributed by atoms with Gasteiger partial charge in [-0.3, -0.25) is 0 Å². The van der Waals surface area contributed by atoms with Crippen molar-refractivity contribution in [3.8, 4) is 11.3 Å². The maximum absolute atomic E-state index is 13.6. The van der Waals surface area contributed by atoms with Gasteiger partial charge in [0.1, 0.15) is 17.5 Å². The molecule has 0 aliphatic carbocycles. The lowest BCUT2D eigenvalue weighted by molar-refractivity contribution is 0.299. The summed E-state index contributed by atoms with van der Waals surface area (Å²) in [7, 11) is 0. The zero-order valence-corrected chi connectivity index (χ0v) is 21.4. The molecule has 2 saturated heterocycles. The quantitative estimate of drug-likeness (QED) is 0.555. The van der Waals surface area contributed by atoms with Crippen molar-refractivity contribution >= 4 is 17.6 Å². The standard InChI is InChI=1S/C28H35FN6O/c1-19-15-22(10-14-36)17-30-27(19)33-12-13-34(21(3)18-33)26-16-25(23-6-8-24(29)9-7-23)31-28(32-26)35-11-4-5-20(35)2/h6-9,15-17,20-21,36H,4-5,10-14,18H2,1-3H3/t20-,21-/m1/s1. The molecule has 7 nitrogen and oxygen atoms in total. The molecule has 3 aromatic rings. The summed E-state index contributed by atoms with van der Waals surface area (Å²) in [5, 5.41) is 9.23. The summed E-state index contributed by atoms with van der Waals surface area (Å²) in [6, 6.07) is 11.3. The Morgan fingerprint density at radius 2 is 1.81 bits per heavy atom. The number of pyridine rings is 1. The largest absolute Gasteiger partial charge is 0.396 e. The van der Waals surface area contributed by atoms with E-state index in [1.54, 1.807) is 12.1 Å². The Balaban J connectivity index is 1.42. The Labute approximate surface area is 212 Å². The third-order valence-corrected chi connectivity index (χ3v) is 7.38. The number of piperazine rings is 1. The van der Waals surface area contributed by atoms with E-state index in [4.69, 9.17) is 15.0 Å². The van der Waals surface area contributed by atoms with Crippen LogP contribution in [0.15, 0.2) is 42.6 Å². The fourth-order valence-corrected chi connectivity index (χ4v) is 5.41. The van der Waals surface area contributed by atoms with Gasteiger partial charge < -0.3 is 19.8 Å². The van der Waals surface area contributed by atoms with Crippen molar-refractivity contribution < 1.29 is 9.50 Å². The Bertz CT molecular complexity index is 1200. The number of halogens is 1. The third-order valence-electron chi connectivity index (χ3n) is 7.38. The van der Waals surface area contributed by atoms with Gasteiger partial charge in [0.25, 0.3) is 0 Å². The van der Waals surface area contributed by atoms with Gasteiger partial charge in [0.05, 0.1) is 5.69 Å². The van der Waals surface area contributed by atoms with Gasteiger partial charge in [-0.1, -0.05) is 6.07 Å². The SMILES string of the molecule is Cc1cc(CCO)cnc1N1CCN(c2cc(-c3ccc(F)cc3)nc(N3CCC[C@H]3C)n2)[C@H](C)C1. The second-order valence-corrected chi connectivity index (χ2v) is 10.0. The van der Waals surface area contributed by atoms with Crippen molar-refractivity contribution in [1.82, 2.24) is 15.0 Å². The molecule has 4 heterocycles. The van der Waals surface area contributed by atoms with E-state index in [2.05, 4.69) is 41.5 Å². The highest BCUT2D eigenvalue weighted by atomic mass is 19.1. The number of aliphatic hydroxyl groups is 1. The number of aryl methyl sites for hydroxylation is 1. The monoisotopic (exact) mass is 490 g/mol. The van der Waals surface area contributed by atoms with E-state index in [0.29, 0.717) is 12.5 Å². The molecule has 190 valence electrons. The number of hydrogen-bond donors (Lipinski definition) is 1. The molecule has 2 fully saturated rings. The van der Waals surface area contributed by atoms with E-state index >= 15 is 0 Å². The predicted octanol–water partition coefficient (Wildman–Crippen LogP) is 4.22. The first-order chi connectivity index (χ1) is 17.4. The number of aromatic nitrogens is 3. The van der Waals surface area contributed by atoms with Crippen LogP contribution in [0.4, 0.5) is 22.0 Å². The molecule has 0 spiro atoms. The molecule has 0 saturated carbocycles. The summed E-state index contributed by atoms with van der Waals surface area (Å²) >= 11 is 0. The van der Waals surface area contributed by atoms with E-state index in [9.17, 15) is 9.50 Å². The smallest absolute Gasteiger partial charge is 0.228 e. The van der Waals surface area contributed by atoms with E-state index in [-0.39, 0.29) is 18.5 Å². The maximum Gasteiger partial charge on any atom is 0.228 e. The first kappa shape index (κ1) is 24.4. The van der Waals surface area contributed by atoms with Crippen molar-refractivity contribution in [2.24, 2.45) is 0 Å². The fourth-order valence-electron chi connectivity index (χ4n) is 5.41. The molecule has 2 aromatic heterocycles. The number of nitrogens with zero attached hydrogens (tertiary/aromatic N) is 6. The van der Waals surface area contributed by atoms with Crippen LogP contribution in [-0.2, 0) is 6.42 Å². The van der Waals surface area contributed by atoms with Gasteiger partial charge in [0.2, 0.25) is 5.95 Å². The van der Waals surface area contributed by atoms with Crippen molar-refractivity contribution in [2.75, 3.05) is 47.5 Å². The second kappa shape index (κ2) is 10.4. The van der Waals surface area contributed by atoms with Crippen LogP contribution in [0.3, 0.4) is 0 Å². The van der Waals surface area contributed by atoms with Crippen LogP contribution in [0, 0.1) is 12.7 Å². The molecule has 2 atom stereocenters. The van der Waals surface area contributed by atoms with Crippen LogP contribution in [0.25, 0.3) is 11.3 Å². The van der Waals surface area contributed by atoms with Crippen LogP contribution in [-0.4, -0.2) is 64.9 Å². The minimum atomic E-state index is -0.251. The molecule has 1 N–H and O–H groups in total. The van der Waals surface area contributed by atoms with E-state index in [1.165, 1.54) is 12.1 Å². The summed E-state index contributed by atoms with van der Waals surface area (Å²) < 4.78 is 13.6. The molecule has 36 heavy (non-hydrogen) atoms. The molecule has 2 aliphatic heterocycles.